The van der Waals surface area contributed by atoms with Crippen molar-refractivity contribution in [1.82, 2.24) is 39.0 Å². The molecule has 0 bridgehead atoms. The summed E-state index contributed by atoms with van der Waals surface area (Å²) in [4.78, 5) is 18.5. The molecule has 0 unspecified atom stereocenters. The monoisotopic (exact) mass is 368 g/mol. The molecule has 27 heavy (non-hydrogen) atoms. The summed E-state index contributed by atoms with van der Waals surface area (Å²) in [6, 6.07) is 1.77. The fraction of sp³-hybridized carbons (Fsp3) is 0.500. The normalized spacial score (nSPS) is 15.4. The molecule has 0 radical (unpaired) electrons. The molecule has 1 fully saturated rings. The van der Waals surface area contributed by atoms with Gasteiger partial charge in [-0.15, -0.1) is 10.2 Å². The van der Waals surface area contributed by atoms with E-state index < -0.39 is 0 Å². The third-order valence-corrected chi connectivity index (χ3v) is 5.14. The molecule has 0 saturated carbocycles. The van der Waals surface area contributed by atoms with Crippen LogP contribution in [0.1, 0.15) is 47.8 Å². The van der Waals surface area contributed by atoms with E-state index >= 15 is 0 Å². The molecule has 9 nitrogen and oxygen atoms in total. The number of hydrogen-bond donors (Lipinski definition) is 0. The van der Waals surface area contributed by atoms with Crippen molar-refractivity contribution >= 4 is 5.91 Å². The highest BCUT2D eigenvalue weighted by Gasteiger charge is 2.29. The van der Waals surface area contributed by atoms with E-state index in [9.17, 15) is 4.79 Å². The Morgan fingerprint density at radius 3 is 2.67 bits per heavy atom. The van der Waals surface area contributed by atoms with Crippen molar-refractivity contribution in [1.29, 1.82) is 0 Å². The van der Waals surface area contributed by atoms with E-state index in [0.29, 0.717) is 31.2 Å². The lowest BCUT2D eigenvalue weighted by Crippen LogP contribution is -2.38. The Morgan fingerprint density at radius 1 is 1.22 bits per heavy atom. The molecule has 4 rings (SSSR count). The molecular weight excluding hydrogens is 344 g/mol. The lowest BCUT2D eigenvalue weighted by molar-refractivity contribution is 0.0703. The lowest BCUT2D eigenvalue weighted by Gasteiger charge is -2.31. The van der Waals surface area contributed by atoms with E-state index in [1.54, 1.807) is 29.5 Å². The zero-order chi connectivity index (χ0) is 18.8. The molecule has 1 amide bonds. The Bertz CT molecular complexity index is 902. The number of imidazole rings is 1. The molecule has 1 aliphatic heterocycles. The first-order valence-electron chi connectivity index (χ1n) is 9.32. The lowest BCUT2D eigenvalue weighted by atomic mass is 9.95. The highest BCUT2D eigenvalue weighted by Crippen LogP contribution is 2.28. The second-order valence-corrected chi connectivity index (χ2v) is 6.89. The first kappa shape index (κ1) is 17.4. The van der Waals surface area contributed by atoms with Gasteiger partial charge in [-0.05, 0) is 25.8 Å². The number of carbonyl (C=O) groups excluding carboxylic acids is 1. The van der Waals surface area contributed by atoms with Crippen LogP contribution in [0.15, 0.2) is 31.0 Å². The standard InChI is InChI=1S/C18H24N8O/c1-3-26-16(12-24-11-7-19-13-24)20-21-17(26)14-4-9-25(10-5-14)18(27)15-6-8-23(2)22-15/h6-8,11,13-14H,3-5,9-10,12H2,1-2H3. The summed E-state index contributed by atoms with van der Waals surface area (Å²) in [5.74, 6) is 2.30. The molecule has 1 saturated heterocycles. The Balaban J connectivity index is 1.43. The van der Waals surface area contributed by atoms with Crippen molar-refractivity contribution in [3.8, 4) is 0 Å². The van der Waals surface area contributed by atoms with E-state index in [-0.39, 0.29) is 5.91 Å². The molecule has 3 aromatic heterocycles. The van der Waals surface area contributed by atoms with Gasteiger partial charge in [0, 0.05) is 51.2 Å². The first-order valence-corrected chi connectivity index (χ1v) is 9.32. The van der Waals surface area contributed by atoms with Crippen LogP contribution in [-0.2, 0) is 20.1 Å². The fourth-order valence-corrected chi connectivity index (χ4v) is 3.69. The predicted octanol–water partition coefficient (Wildman–Crippen LogP) is 1.30. The number of carbonyl (C=O) groups is 1. The molecule has 9 heteroatoms. The fourth-order valence-electron chi connectivity index (χ4n) is 3.69. The average molecular weight is 368 g/mol. The molecule has 0 aromatic carbocycles. The zero-order valence-electron chi connectivity index (χ0n) is 15.7. The van der Waals surface area contributed by atoms with Crippen molar-refractivity contribution in [3.63, 3.8) is 0 Å². The highest BCUT2D eigenvalue weighted by atomic mass is 16.2. The van der Waals surface area contributed by atoms with Gasteiger partial charge in [-0.2, -0.15) is 5.10 Å². The minimum atomic E-state index is 0.00630. The number of piperidine rings is 1. The number of hydrogen-bond acceptors (Lipinski definition) is 5. The van der Waals surface area contributed by atoms with Crippen LogP contribution < -0.4 is 0 Å². The number of nitrogens with zero attached hydrogens (tertiary/aromatic N) is 8. The number of amides is 1. The summed E-state index contributed by atoms with van der Waals surface area (Å²) in [6.07, 6.45) is 9.06. The van der Waals surface area contributed by atoms with Crippen LogP contribution in [0.5, 0.6) is 0 Å². The summed E-state index contributed by atoms with van der Waals surface area (Å²) in [5, 5.41) is 13.1. The SMILES string of the molecule is CCn1c(Cn2ccnc2)nnc1C1CCN(C(=O)c2ccn(C)n2)CC1. The highest BCUT2D eigenvalue weighted by molar-refractivity contribution is 5.92. The quantitative estimate of drug-likeness (QED) is 0.677. The summed E-state index contributed by atoms with van der Waals surface area (Å²) < 4.78 is 5.85. The third-order valence-electron chi connectivity index (χ3n) is 5.14. The van der Waals surface area contributed by atoms with Crippen molar-refractivity contribution in [2.45, 2.75) is 38.8 Å². The van der Waals surface area contributed by atoms with E-state index in [0.717, 1.165) is 31.0 Å². The number of aryl methyl sites for hydroxylation is 1. The molecule has 0 N–H and O–H groups in total. The van der Waals surface area contributed by atoms with Gasteiger partial charge in [-0.25, -0.2) is 4.98 Å². The second-order valence-electron chi connectivity index (χ2n) is 6.89. The van der Waals surface area contributed by atoms with Crippen molar-refractivity contribution < 1.29 is 4.79 Å². The molecule has 0 spiro atoms. The number of aromatic nitrogens is 7. The van der Waals surface area contributed by atoms with Crippen LogP contribution in [0.3, 0.4) is 0 Å². The number of likely N-dealkylation sites (tertiary alicyclic amines) is 1. The van der Waals surface area contributed by atoms with Crippen LogP contribution in [0, 0.1) is 0 Å². The van der Waals surface area contributed by atoms with E-state index in [2.05, 4.69) is 31.8 Å². The Labute approximate surface area is 157 Å². The van der Waals surface area contributed by atoms with Crippen LogP contribution in [0.25, 0.3) is 0 Å². The Kier molecular flexibility index (Phi) is 4.74. The molecule has 0 atom stereocenters. The van der Waals surface area contributed by atoms with Gasteiger partial charge in [0.1, 0.15) is 11.5 Å². The molecule has 4 heterocycles. The molecule has 3 aromatic rings. The summed E-state index contributed by atoms with van der Waals surface area (Å²) >= 11 is 0. The maximum atomic E-state index is 12.6. The molecule has 0 aliphatic carbocycles. The van der Waals surface area contributed by atoms with Crippen molar-refractivity contribution in [2.24, 2.45) is 7.05 Å². The van der Waals surface area contributed by atoms with Crippen LogP contribution in [0.2, 0.25) is 0 Å². The minimum Gasteiger partial charge on any atom is -0.337 e. The van der Waals surface area contributed by atoms with Gasteiger partial charge in [0.2, 0.25) is 0 Å². The van der Waals surface area contributed by atoms with Crippen molar-refractivity contribution in [2.75, 3.05) is 13.1 Å². The third kappa shape index (κ3) is 3.49. The topological polar surface area (TPSA) is 86.7 Å². The predicted molar refractivity (Wildman–Crippen MR) is 98.1 cm³/mol. The number of rotatable bonds is 5. The van der Waals surface area contributed by atoms with Crippen LogP contribution in [-0.4, -0.2) is 58.0 Å². The smallest absolute Gasteiger partial charge is 0.274 e. The first-order chi connectivity index (χ1) is 13.2. The molecule has 1 aliphatic rings. The summed E-state index contributed by atoms with van der Waals surface area (Å²) in [7, 11) is 1.82. The van der Waals surface area contributed by atoms with Gasteiger partial charge in [0.25, 0.3) is 5.91 Å². The van der Waals surface area contributed by atoms with Gasteiger partial charge >= 0.3 is 0 Å². The van der Waals surface area contributed by atoms with E-state index in [1.165, 1.54) is 0 Å². The van der Waals surface area contributed by atoms with Gasteiger partial charge in [-0.3, -0.25) is 9.48 Å². The van der Waals surface area contributed by atoms with Crippen LogP contribution >= 0.6 is 0 Å². The van der Waals surface area contributed by atoms with E-state index in [4.69, 9.17) is 0 Å². The Morgan fingerprint density at radius 2 is 2.04 bits per heavy atom. The summed E-state index contributed by atoms with van der Waals surface area (Å²) in [6.45, 7) is 5.04. The Hall–Kier alpha value is -2.97. The summed E-state index contributed by atoms with van der Waals surface area (Å²) in [5.41, 5.74) is 0.510. The average Bonchev–Trinajstić information content (AvgIpc) is 3.43. The van der Waals surface area contributed by atoms with Gasteiger partial charge in [0.05, 0.1) is 12.9 Å². The largest absolute Gasteiger partial charge is 0.337 e. The van der Waals surface area contributed by atoms with Gasteiger partial charge in [0.15, 0.2) is 5.82 Å². The minimum absolute atomic E-state index is 0.00630. The molecule has 142 valence electrons. The van der Waals surface area contributed by atoms with E-state index in [1.807, 2.05) is 22.7 Å². The van der Waals surface area contributed by atoms with Gasteiger partial charge < -0.3 is 14.0 Å². The maximum Gasteiger partial charge on any atom is 0.274 e. The van der Waals surface area contributed by atoms with Crippen molar-refractivity contribution in [3.05, 3.63) is 48.3 Å². The van der Waals surface area contributed by atoms with Crippen LogP contribution in [0.4, 0.5) is 0 Å². The molecular formula is C18H24N8O. The second kappa shape index (κ2) is 7.34. The zero-order valence-corrected chi connectivity index (χ0v) is 15.7. The van der Waals surface area contributed by atoms with Gasteiger partial charge in [-0.1, -0.05) is 0 Å². The maximum absolute atomic E-state index is 12.6.